The molecule has 1 aromatic carbocycles. The summed E-state index contributed by atoms with van der Waals surface area (Å²) in [6.45, 7) is -0.135. The van der Waals surface area contributed by atoms with Gasteiger partial charge in [-0.3, -0.25) is 4.18 Å². The minimum absolute atomic E-state index is 0.135. The van der Waals surface area contributed by atoms with Gasteiger partial charge >= 0.3 is 16.4 Å². The van der Waals surface area contributed by atoms with Crippen molar-refractivity contribution in [3.05, 3.63) is 35.9 Å². The standard InChI is InChI=1S/C10H11NO5S/c12-10(13)11-9(7-16-17(11,14)15)6-8-4-2-1-3-5-8/h1-5,9H,6-7H2,(H,12,13). The predicted octanol–water partition coefficient (Wildman–Crippen LogP) is 0.853. The fourth-order valence-corrected chi connectivity index (χ4v) is 2.89. The molecule has 7 heteroatoms. The van der Waals surface area contributed by atoms with Crippen LogP contribution in [0.4, 0.5) is 4.79 Å². The van der Waals surface area contributed by atoms with Crippen LogP contribution in [0.15, 0.2) is 30.3 Å². The van der Waals surface area contributed by atoms with Gasteiger partial charge < -0.3 is 5.11 Å². The molecule has 1 aromatic rings. The Hall–Kier alpha value is -1.60. The van der Waals surface area contributed by atoms with Gasteiger partial charge in [0.15, 0.2) is 0 Å². The minimum Gasteiger partial charge on any atom is -0.464 e. The number of amides is 1. The average Bonchev–Trinajstić information content (AvgIpc) is 2.55. The smallest absolute Gasteiger partial charge is 0.423 e. The fraction of sp³-hybridized carbons (Fsp3) is 0.300. The molecule has 0 aromatic heterocycles. The van der Waals surface area contributed by atoms with Crippen molar-refractivity contribution in [3.63, 3.8) is 0 Å². The molecule has 0 radical (unpaired) electrons. The molecule has 17 heavy (non-hydrogen) atoms. The Labute approximate surface area is 98.7 Å². The molecule has 1 unspecified atom stereocenters. The molecule has 1 aliphatic rings. The van der Waals surface area contributed by atoms with E-state index in [4.69, 9.17) is 5.11 Å². The van der Waals surface area contributed by atoms with Crippen LogP contribution in [0, 0.1) is 0 Å². The normalized spacial score (nSPS) is 22.6. The van der Waals surface area contributed by atoms with Crippen LogP contribution >= 0.6 is 0 Å². The number of nitrogens with zero attached hydrogens (tertiary/aromatic N) is 1. The molecule has 1 fully saturated rings. The Morgan fingerprint density at radius 2 is 2.06 bits per heavy atom. The van der Waals surface area contributed by atoms with E-state index >= 15 is 0 Å². The quantitative estimate of drug-likeness (QED) is 0.849. The summed E-state index contributed by atoms with van der Waals surface area (Å²) in [6, 6.07) is 8.38. The second-order valence-electron chi connectivity index (χ2n) is 3.66. The number of carboxylic acid groups (broad SMARTS) is 1. The van der Waals surface area contributed by atoms with Gasteiger partial charge in [0, 0.05) is 0 Å². The third kappa shape index (κ3) is 2.40. The first-order valence-corrected chi connectivity index (χ1v) is 6.33. The van der Waals surface area contributed by atoms with Crippen molar-refractivity contribution in [1.82, 2.24) is 4.31 Å². The van der Waals surface area contributed by atoms with E-state index in [1.165, 1.54) is 0 Å². The van der Waals surface area contributed by atoms with Crippen molar-refractivity contribution in [2.45, 2.75) is 12.5 Å². The van der Waals surface area contributed by atoms with E-state index in [-0.39, 0.29) is 6.61 Å². The molecule has 1 saturated heterocycles. The zero-order chi connectivity index (χ0) is 12.5. The van der Waals surface area contributed by atoms with Gasteiger partial charge in [-0.25, -0.2) is 4.79 Å². The Morgan fingerprint density at radius 1 is 1.41 bits per heavy atom. The summed E-state index contributed by atoms with van der Waals surface area (Å²) in [7, 11) is -4.12. The Kier molecular flexibility index (Phi) is 3.03. The molecule has 0 aliphatic carbocycles. The van der Waals surface area contributed by atoms with E-state index < -0.39 is 22.4 Å². The minimum atomic E-state index is -4.12. The number of carbonyl (C=O) groups is 1. The zero-order valence-corrected chi connectivity index (χ0v) is 9.63. The monoisotopic (exact) mass is 257 g/mol. The third-order valence-corrected chi connectivity index (χ3v) is 3.85. The number of hydrogen-bond acceptors (Lipinski definition) is 4. The van der Waals surface area contributed by atoms with Crippen LogP contribution in [0.5, 0.6) is 0 Å². The maximum absolute atomic E-state index is 11.3. The number of benzene rings is 1. The summed E-state index contributed by atoms with van der Waals surface area (Å²) in [5, 5.41) is 8.86. The first-order valence-electron chi connectivity index (χ1n) is 4.96. The van der Waals surface area contributed by atoms with E-state index in [0.717, 1.165) is 5.56 Å². The lowest BCUT2D eigenvalue weighted by atomic mass is 10.1. The molecule has 1 N–H and O–H groups in total. The van der Waals surface area contributed by atoms with E-state index in [2.05, 4.69) is 4.18 Å². The molecular weight excluding hydrogens is 246 g/mol. The first kappa shape index (κ1) is 11.9. The highest BCUT2D eigenvalue weighted by molar-refractivity contribution is 7.85. The van der Waals surface area contributed by atoms with Gasteiger partial charge in [-0.2, -0.15) is 12.7 Å². The molecule has 6 nitrogen and oxygen atoms in total. The van der Waals surface area contributed by atoms with E-state index in [1.807, 2.05) is 30.3 Å². The highest BCUT2D eigenvalue weighted by Crippen LogP contribution is 2.21. The highest BCUT2D eigenvalue weighted by atomic mass is 32.2. The van der Waals surface area contributed by atoms with Gasteiger partial charge in [-0.15, -0.1) is 0 Å². The zero-order valence-electron chi connectivity index (χ0n) is 8.81. The summed E-state index contributed by atoms with van der Waals surface area (Å²) in [5.74, 6) is 0. The van der Waals surface area contributed by atoms with Crippen LogP contribution in [0.2, 0.25) is 0 Å². The third-order valence-electron chi connectivity index (χ3n) is 2.48. The van der Waals surface area contributed by atoms with Crippen molar-refractivity contribution in [2.24, 2.45) is 0 Å². The number of rotatable bonds is 2. The SMILES string of the molecule is O=C(O)N1C(Cc2ccccc2)COS1(=O)=O. The van der Waals surface area contributed by atoms with Crippen LogP contribution in [-0.4, -0.2) is 36.6 Å². The van der Waals surface area contributed by atoms with Crippen LogP contribution in [0.1, 0.15) is 5.56 Å². The topological polar surface area (TPSA) is 83.9 Å². The molecule has 0 spiro atoms. The second-order valence-corrected chi connectivity index (χ2v) is 5.15. The fourth-order valence-electron chi connectivity index (χ4n) is 1.75. The molecular formula is C10H11NO5S. The maximum Gasteiger partial charge on any atom is 0.423 e. The van der Waals surface area contributed by atoms with E-state index in [0.29, 0.717) is 10.7 Å². The molecule has 1 atom stereocenters. The summed E-state index contributed by atoms with van der Waals surface area (Å²) in [6.07, 6.45) is -1.20. The van der Waals surface area contributed by atoms with Gasteiger partial charge in [0.25, 0.3) is 0 Å². The van der Waals surface area contributed by atoms with Crippen molar-refractivity contribution in [1.29, 1.82) is 0 Å². The molecule has 0 saturated carbocycles. The summed E-state index contributed by atoms with van der Waals surface area (Å²) in [5.41, 5.74) is 0.865. The lowest BCUT2D eigenvalue weighted by molar-refractivity contribution is 0.164. The molecule has 2 rings (SSSR count). The summed E-state index contributed by atoms with van der Waals surface area (Å²) >= 11 is 0. The molecule has 1 amide bonds. The lowest BCUT2D eigenvalue weighted by Gasteiger charge is -2.16. The van der Waals surface area contributed by atoms with Gasteiger partial charge in [0.1, 0.15) is 0 Å². The van der Waals surface area contributed by atoms with Gasteiger partial charge in [0.05, 0.1) is 12.6 Å². The molecule has 1 aliphatic heterocycles. The Balaban J connectivity index is 2.20. The summed E-state index contributed by atoms with van der Waals surface area (Å²) < 4.78 is 27.5. The first-order chi connectivity index (χ1) is 8.00. The molecule has 0 bridgehead atoms. The van der Waals surface area contributed by atoms with Crippen LogP contribution in [-0.2, 0) is 20.9 Å². The van der Waals surface area contributed by atoms with Crippen molar-refractivity contribution < 1.29 is 22.5 Å². The lowest BCUT2D eigenvalue weighted by Crippen LogP contribution is -2.39. The van der Waals surface area contributed by atoms with Crippen molar-refractivity contribution >= 4 is 16.4 Å². The van der Waals surface area contributed by atoms with Crippen LogP contribution in [0.25, 0.3) is 0 Å². The second kappa shape index (κ2) is 4.34. The van der Waals surface area contributed by atoms with Crippen LogP contribution < -0.4 is 0 Å². The Morgan fingerprint density at radius 3 is 2.65 bits per heavy atom. The highest BCUT2D eigenvalue weighted by Gasteiger charge is 2.42. The largest absolute Gasteiger partial charge is 0.464 e. The number of hydrogen-bond donors (Lipinski definition) is 1. The van der Waals surface area contributed by atoms with Crippen molar-refractivity contribution in [3.8, 4) is 0 Å². The van der Waals surface area contributed by atoms with Gasteiger partial charge in [0.2, 0.25) is 0 Å². The van der Waals surface area contributed by atoms with E-state index in [9.17, 15) is 13.2 Å². The summed E-state index contributed by atoms with van der Waals surface area (Å²) in [4.78, 5) is 10.9. The Bertz CT molecular complexity index is 513. The molecule has 1 heterocycles. The van der Waals surface area contributed by atoms with Crippen LogP contribution in [0.3, 0.4) is 0 Å². The van der Waals surface area contributed by atoms with Gasteiger partial charge in [-0.1, -0.05) is 30.3 Å². The van der Waals surface area contributed by atoms with Crippen molar-refractivity contribution in [2.75, 3.05) is 6.61 Å². The predicted molar refractivity (Wildman–Crippen MR) is 58.7 cm³/mol. The van der Waals surface area contributed by atoms with Gasteiger partial charge in [-0.05, 0) is 12.0 Å². The molecule has 92 valence electrons. The maximum atomic E-state index is 11.3. The average molecular weight is 257 g/mol. The van der Waals surface area contributed by atoms with E-state index in [1.54, 1.807) is 0 Å².